The van der Waals surface area contributed by atoms with Crippen LogP contribution in [0.2, 0.25) is 0 Å². The van der Waals surface area contributed by atoms with Crippen LogP contribution in [0.3, 0.4) is 0 Å². The minimum atomic E-state index is 1.08. The van der Waals surface area contributed by atoms with E-state index in [2.05, 4.69) is 76.3 Å². The number of allylic oxidation sites excluding steroid dienone is 6. The van der Waals surface area contributed by atoms with Gasteiger partial charge in [-0.05, 0) is 56.4 Å². The molecule has 1 aromatic carbocycles. The molecule has 0 spiro atoms. The van der Waals surface area contributed by atoms with Crippen molar-refractivity contribution in [1.82, 2.24) is 0 Å². The Bertz CT molecular complexity index is 404. The molecule has 1 aliphatic rings. The summed E-state index contributed by atoms with van der Waals surface area (Å²) in [6, 6.07) is 8.36. The zero-order valence-corrected chi connectivity index (χ0v) is 13.3. The lowest BCUT2D eigenvalue weighted by molar-refractivity contribution is 1.34. The summed E-state index contributed by atoms with van der Waals surface area (Å²) >= 11 is 0. The van der Waals surface area contributed by atoms with Crippen molar-refractivity contribution >= 4 is 0 Å². The molecule has 0 amide bonds. The Hall–Kier alpha value is -1.56. The molecule has 2 rings (SSSR count). The second-order valence-corrected chi connectivity index (χ2v) is 4.49. The summed E-state index contributed by atoms with van der Waals surface area (Å²) < 4.78 is 0. The monoisotopic (exact) mass is 256 g/mol. The summed E-state index contributed by atoms with van der Waals surface area (Å²) in [6.07, 6.45) is 9.80. The van der Waals surface area contributed by atoms with Gasteiger partial charge in [0, 0.05) is 0 Å². The van der Waals surface area contributed by atoms with Gasteiger partial charge < -0.3 is 0 Å². The van der Waals surface area contributed by atoms with E-state index in [1.807, 2.05) is 13.8 Å². The van der Waals surface area contributed by atoms with Crippen molar-refractivity contribution in [3.63, 3.8) is 0 Å². The molecule has 0 aliphatic heterocycles. The summed E-state index contributed by atoms with van der Waals surface area (Å²) in [5.74, 6) is 0. The van der Waals surface area contributed by atoms with Crippen LogP contribution in [0, 0.1) is 13.8 Å². The normalized spacial score (nSPS) is 12.9. The third kappa shape index (κ3) is 7.46. The minimum Gasteiger partial charge on any atom is -0.0805 e. The minimum absolute atomic E-state index is 1.08. The maximum atomic E-state index is 2.18. The van der Waals surface area contributed by atoms with Crippen LogP contribution in [0.25, 0.3) is 0 Å². The molecule has 1 aliphatic carbocycles. The van der Waals surface area contributed by atoms with Gasteiger partial charge >= 0.3 is 0 Å². The Morgan fingerprint density at radius 1 is 0.684 bits per heavy atom. The molecule has 0 bridgehead atoms. The highest BCUT2D eigenvalue weighted by molar-refractivity contribution is 5.32. The molecular weight excluding hydrogens is 228 g/mol. The molecule has 0 atom stereocenters. The number of hydrogen-bond donors (Lipinski definition) is 0. The first-order chi connectivity index (χ1) is 9.11. The van der Waals surface area contributed by atoms with E-state index in [9.17, 15) is 0 Å². The van der Waals surface area contributed by atoms with Gasteiger partial charge in [0.15, 0.2) is 0 Å². The van der Waals surface area contributed by atoms with E-state index in [1.54, 1.807) is 0 Å². The average molecular weight is 256 g/mol. The molecular formula is C19H28. The maximum Gasteiger partial charge on any atom is -0.0163 e. The van der Waals surface area contributed by atoms with Gasteiger partial charge in [-0.3, -0.25) is 0 Å². The van der Waals surface area contributed by atoms with Crippen LogP contribution in [0.4, 0.5) is 0 Å². The van der Waals surface area contributed by atoms with Crippen molar-refractivity contribution in [2.24, 2.45) is 0 Å². The number of rotatable bonds is 0. The Morgan fingerprint density at radius 2 is 1.05 bits per heavy atom. The molecule has 0 radical (unpaired) electrons. The van der Waals surface area contributed by atoms with Gasteiger partial charge in [-0.2, -0.15) is 0 Å². The third-order valence-corrected chi connectivity index (χ3v) is 3.06. The van der Waals surface area contributed by atoms with Crippen LogP contribution in [0.15, 0.2) is 59.7 Å². The predicted molar refractivity (Wildman–Crippen MR) is 88.5 cm³/mol. The van der Waals surface area contributed by atoms with Gasteiger partial charge in [-0.25, -0.2) is 0 Å². The molecule has 0 saturated heterocycles. The number of aryl methyl sites for hydroxylation is 2. The Balaban J connectivity index is 0.000000303. The zero-order chi connectivity index (χ0) is 14.7. The number of hydrogen-bond acceptors (Lipinski definition) is 0. The lowest BCUT2D eigenvalue weighted by Crippen LogP contribution is -1.74. The molecule has 0 saturated carbocycles. The highest BCUT2D eigenvalue weighted by Gasteiger charge is 1.89. The molecule has 0 nitrogen and oxygen atoms in total. The highest BCUT2D eigenvalue weighted by atomic mass is 14.0. The van der Waals surface area contributed by atoms with Gasteiger partial charge in [0.2, 0.25) is 0 Å². The topological polar surface area (TPSA) is 0 Å². The van der Waals surface area contributed by atoms with Crippen LogP contribution in [0.5, 0.6) is 0 Å². The van der Waals surface area contributed by atoms with Gasteiger partial charge in [0.05, 0.1) is 0 Å². The zero-order valence-electron chi connectivity index (χ0n) is 13.3. The van der Waals surface area contributed by atoms with Crippen molar-refractivity contribution in [2.45, 2.75) is 48.0 Å². The quantitative estimate of drug-likeness (QED) is 0.521. The first-order valence-electron chi connectivity index (χ1n) is 7.14. The van der Waals surface area contributed by atoms with E-state index in [-0.39, 0.29) is 0 Å². The molecule has 1 aromatic rings. The average Bonchev–Trinajstić information content (AvgIpc) is 2.62. The Morgan fingerprint density at radius 3 is 1.37 bits per heavy atom. The predicted octanol–water partition coefficient (Wildman–Crippen LogP) is 6.17. The van der Waals surface area contributed by atoms with E-state index in [1.165, 1.54) is 22.3 Å². The van der Waals surface area contributed by atoms with Crippen molar-refractivity contribution in [3.05, 3.63) is 70.8 Å². The van der Waals surface area contributed by atoms with Crippen molar-refractivity contribution in [1.29, 1.82) is 0 Å². The summed E-state index contributed by atoms with van der Waals surface area (Å²) in [6.45, 7) is 12.5. The van der Waals surface area contributed by atoms with E-state index < -0.39 is 0 Å². The Kier molecular flexibility index (Phi) is 9.52. The van der Waals surface area contributed by atoms with Crippen LogP contribution in [0.1, 0.15) is 45.2 Å². The summed E-state index contributed by atoms with van der Waals surface area (Å²) in [4.78, 5) is 0. The van der Waals surface area contributed by atoms with Crippen LogP contribution < -0.4 is 0 Å². The van der Waals surface area contributed by atoms with E-state index in [0.29, 0.717) is 0 Å². The van der Waals surface area contributed by atoms with Crippen molar-refractivity contribution < 1.29 is 0 Å². The van der Waals surface area contributed by atoms with Crippen LogP contribution in [-0.4, -0.2) is 0 Å². The molecule has 0 heteroatoms. The lowest BCUT2D eigenvalue weighted by atomic mass is 10.1. The lowest BCUT2D eigenvalue weighted by Gasteiger charge is -1.93. The molecule has 104 valence electrons. The fourth-order valence-electron chi connectivity index (χ4n) is 1.49. The molecule has 0 heterocycles. The highest BCUT2D eigenvalue weighted by Crippen LogP contribution is 2.10. The molecule has 0 unspecified atom stereocenters. The number of benzene rings is 1. The van der Waals surface area contributed by atoms with Crippen molar-refractivity contribution in [2.75, 3.05) is 0 Å². The summed E-state index contributed by atoms with van der Waals surface area (Å²) in [7, 11) is 0. The summed E-state index contributed by atoms with van der Waals surface area (Å²) in [5.41, 5.74) is 5.49. The van der Waals surface area contributed by atoms with Gasteiger partial charge in [0.25, 0.3) is 0 Å². The first kappa shape index (κ1) is 17.4. The maximum absolute atomic E-state index is 2.18. The second kappa shape index (κ2) is 10.4. The fraction of sp³-hybridized carbons (Fsp3) is 0.368. The van der Waals surface area contributed by atoms with E-state index in [4.69, 9.17) is 0 Å². The third-order valence-electron chi connectivity index (χ3n) is 3.06. The van der Waals surface area contributed by atoms with Crippen molar-refractivity contribution in [3.8, 4) is 0 Å². The second-order valence-electron chi connectivity index (χ2n) is 4.49. The summed E-state index contributed by atoms with van der Waals surface area (Å²) in [5, 5.41) is 0. The SMILES string of the molecule is CC.CC1=C(C)C=CCC=C1.Cc1ccccc1C. The van der Waals surface area contributed by atoms with Crippen LogP contribution in [-0.2, 0) is 0 Å². The van der Waals surface area contributed by atoms with E-state index >= 15 is 0 Å². The first-order valence-corrected chi connectivity index (χ1v) is 7.14. The van der Waals surface area contributed by atoms with Gasteiger partial charge in [-0.1, -0.05) is 62.4 Å². The molecule has 0 aromatic heterocycles. The Labute approximate surface area is 119 Å². The van der Waals surface area contributed by atoms with Crippen LogP contribution >= 0.6 is 0 Å². The standard InChI is InChI=1S/C9H12.C8H10.C2H6/c1-8-6-4-3-5-7-9(8)2;1-7-5-3-4-6-8(7)2;1-2/h4-7H,3H2,1-2H3;3-6H,1-2H3;1-2H3. The largest absolute Gasteiger partial charge is 0.0805 e. The molecule has 19 heavy (non-hydrogen) atoms. The molecule has 0 N–H and O–H groups in total. The van der Waals surface area contributed by atoms with E-state index in [0.717, 1.165) is 6.42 Å². The smallest absolute Gasteiger partial charge is 0.0163 e. The molecule has 0 fully saturated rings. The fourth-order valence-corrected chi connectivity index (χ4v) is 1.49. The van der Waals surface area contributed by atoms with Gasteiger partial charge in [0.1, 0.15) is 0 Å². The van der Waals surface area contributed by atoms with Gasteiger partial charge in [-0.15, -0.1) is 0 Å².